The maximum atomic E-state index is 5.85. The topological polar surface area (TPSA) is 43.8 Å². The lowest BCUT2D eigenvalue weighted by atomic mass is 10.2. The molecule has 1 heterocycles. The molecule has 84 valence electrons. The molecule has 16 heavy (non-hydrogen) atoms. The molecule has 0 radical (unpaired) electrons. The van der Waals surface area contributed by atoms with Crippen LogP contribution in [0.1, 0.15) is 17.0 Å². The zero-order chi connectivity index (χ0) is 11.9. The fourth-order valence-electron chi connectivity index (χ4n) is 1.72. The Morgan fingerprint density at radius 1 is 1.19 bits per heavy atom. The van der Waals surface area contributed by atoms with E-state index in [0.29, 0.717) is 0 Å². The standard InChI is InChI=1S/C12H14BrN3/c1-7-4-12(10(13)6-11(7)14)16-9(3)5-8(2)15-16/h4-6H,14H2,1-3H3. The van der Waals surface area contributed by atoms with Crippen molar-refractivity contribution < 1.29 is 0 Å². The minimum Gasteiger partial charge on any atom is -0.398 e. The van der Waals surface area contributed by atoms with Crippen molar-refractivity contribution in [1.29, 1.82) is 0 Å². The predicted molar refractivity (Wildman–Crippen MR) is 69.9 cm³/mol. The number of rotatable bonds is 1. The van der Waals surface area contributed by atoms with E-state index in [9.17, 15) is 0 Å². The summed E-state index contributed by atoms with van der Waals surface area (Å²) in [5.41, 5.74) is 10.9. The SMILES string of the molecule is Cc1cc(C)n(-c2cc(C)c(N)cc2Br)n1. The highest BCUT2D eigenvalue weighted by Gasteiger charge is 2.09. The van der Waals surface area contributed by atoms with Crippen LogP contribution in [0.2, 0.25) is 0 Å². The van der Waals surface area contributed by atoms with Gasteiger partial charge < -0.3 is 5.73 Å². The third-order valence-corrected chi connectivity index (χ3v) is 3.21. The number of nitrogens with zero attached hydrogens (tertiary/aromatic N) is 2. The first kappa shape index (κ1) is 11.2. The molecule has 2 aromatic rings. The van der Waals surface area contributed by atoms with Crippen LogP contribution in [0.5, 0.6) is 0 Å². The lowest BCUT2D eigenvalue weighted by molar-refractivity contribution is 0.829. The summed E-state index contributed by atoms with van der Waals surface area (Å²) in [5, 5.41) is 4.46. The van der Waals surface area contributed by atoms with Gasteiger partial charge in [-0.25, -0.2) is 4.68 Å². The van der Waals surface area contributed by atoms with Crippen molar-refractivity contribution in [2.75, 3.05) is 5.73 Å². The maximum Gasteiger partial charge on any atom is 0.0794 e. The van der Waals surface area contributed by atoms with Gasteiger partial charge in [-0.1, -0.05) is 0 Å². The minimum atomic E-state index is 0.789. The highest BCUT2D eigenvalue weighted by molar-refractivity contribution is 9.10. The van der Waals surface area contributed by atoms with Crippen LogP contribution in [0, 0.1) is 20.8 Å². The van der Waals surface area contributed by atoms with Crippen molar-refractivity contribution in [3.63, 3.8) is 0 Å². The van der Waals surface area contributed by atoms with Gasteiger partial charge in [0.1, 0.15) is 0 Å². The summed E-state index contributed by atoms with van der Waals surface area (Å²) >= 11 is 3.52. The van der Waals surface area contributed by atoms with Crippen molar-refractivity contribution in [3.05, 3.63) is 39.6 Å². The van der Waals surface area contributed by atoms with E-state index >= 15 is 0 Å². The van der Waals surface area contributed by atoms with Crippen LogP contribution in [0.4, 0.5) is 5.69 Å². The van der Waals surface area contributed by atoms with Crippen molar-refractivity contribution in [2.45, 2.75) is 20.8 Å². The molecule has 0 saturated heterocycles. The number of aromatic nitrogens is 2. The second-order valence-corrected chi connectivity index (χ2v) is 4.85. The average molecular weight is 280 g/mol. The first-order valence-electron chi connectivity index (χ1n) is 5.08. The van der Waals surface area contributed by atoms with Crippen LogP contribution in [-0.2, 0) is 0 Å². The maximum absolute atomic E-state index is 5.85. The summed E-state index contributed by atoms with van der Waals surface area (Å²) in [6, 6.07) is 6.01. The Bertz CT molecular complexity index is 543. The second kappa shape index (κ2) is 3.94. The van der Waals surface area contributed by atoms with E-state index in [4.69, 9.17) is 5.73 Å². The minimum absolute atomic E-state index is 0.789. The van der Waals surface area contributed by atoms with E-state index < -0.39 is 0 Å². The van der Waals surface area contributed by atoms with Gasteiger partial charge in [0, 0.05) is 15.9 Å². The average Bonchev–Trinajstić information content (AvgIpc) is 2.51. The molecule has 0 fully saturated rings. The quantitative estimate of drug-likeness (QED) is 0.815. The van der Waals surface area contributed by atoms with Gasteiger partial charge in [0.2, 0.25) is 0 Å². The number of benzene rings is 1. The Kier molecular flexibility index (Phi) is 2.76. The summed E-state index contributed by atoms with van der Waals surface area (Å²) in [4.78, 5) is 0. The molecule has 0 aliphatic heterocycles. The number of anilines is 1. The summed E-state index contributed by atoms with van der Waals surface area (Å²) in [6.07, 6.45) is 0. The molecular formula is C12H14BrN3. The normalized spacial score (nSPS) is 10.8. The van der Waals surface area contributed by atoms with E-state index in [2.05, 4.69) is 27.1 Å². The van der Waals surface area contributed by atoms with Crippen LogP contribution in [0.25, 0.3) is 5.69 Å². The van der Waals surface area contributed by atoms with Gasteiger partial charge >= 0.3 is 0 Å². The van der Waals surface area contributed by atoms with Crippen molar-refractivity contribution in [2.24, 2.45) is 0 Å². The fourth-order valence-corrected chi connectivity index (χ4v) is 2.25. The lowest BCUT2D eigenvalue weighted by Crippen LogP contribution is -2.02. The number of halogens is 1. The predicted octanol–water partition coefficient (Wildman–Crippen LogP) is 3.14. The molecule has 4 heteroatoms. The first-order valence-corrected chi connectivity index (χ1v) is 5.87. The second-order valence-electron chi connectivity index (χ2n) is 4.00. The molecule has 3 nitrogen and oxygen atoms in total. The Morgan fingerprint density at radius 2 is 1.88 bits per heavy atom. The van der Waals surface area contributed by atoms with Crippen LogP contribution in [0.3, 0.4) is 0 Å². The summed E-state index contributed by atoms with van der Waals surface area (Å²) in [5.74, 6) is 0. The Balaban J connectivity index is 2.64. The van der Waals surface area contributed by atoms with Crippen molar-refractivity contribution in [3.8, 4) is 5.69 Å². The number of aryl methyl sites for hydroxylation is 3. The molecule has 1 aromatic heterocycles. The zero-order valence-corrected chi connectivity index (χ0v) is 11.2. The van der Waals surface area contributed by atoms with E-state index in [1.165, 1.54) is 0 Å². The number of nitrogens with two attached hydrogens (primary N) is 1. The smallest absolute Gasteiger partial charge is 0.0794 e. The summed E-state index contributed by atoms with van der Waals surface area (Å²) in [6.45, 7) is 6.02. The van der Waals surface area contributed by atoms with Crippen LogP contribution in [0.15, 0.2) is 22.7 Å². The van der Waals surface area contributed by atoms with Crippen LogP contribution in [-0.4, -0.2) is 9.78 Å². The highest BCUT2D eigenvalue weighted by Crippen LogP contribution is 2.27. The van der Waals surface area contributed by atoms with Crippen LogP contribution >= 0.6 is 15.9 Å². The van der Waals surface area contributed by atoms with E-state index in [0.717, 1.165) is 32.8 Å². The molecule has 0 aliphatic rings. The van der Waals surface area contributed by atoms with Gasteiger partial charge in [0.05, 0.1) is 11.4 Å². The third kappa shape index (κ3) is 1.85. The molecule has 0 amide bonds. The molecule has 0 saturated carbocycles. The molecule has 0 bridgehead atoms. The van der Waals surface area contributed by atoms with Gasteiger partial charge in [-0.3, -0.25) is 0 Å². The number of hydrogen-bond donors (Lipinski definition) is 1. The molecule has 1 aromatic carbocycles. The van der Waals surface area contributed by atoms with Gasteiger partial charge in [-0.2, -0.15) is 5.10 Å². The first-order chi connectivity index (χ1) is 7.49. The third-order valence-electron chi connectivity index (χ3n) is 2.57. The van der Waals surface area contributed by atoms with Crippen molar-refractivity contribution >= 4 is 21.6 Å². The summed E-state index contributed by atoms with van der Waals surface area (Å²) < 4.78 is 2.88. The molecular weight excluding hydrogens is 266 g/mol. The monoisotopic (exact) mass is 279 g/mol. The molecule has 0 atom stereocenters. The number of nitrogen functional groups attached to an aromatic ring is 1. The summed E-state index contributed by atoms with van der Waals surface area (Å²) in [7, 11) is 0. The fraction of sp³-hybridized carbons (Fsp3) is 0.250. The van der Waals surface area contributed by atoms with E-state index in [1.54, 1.807) is 0 Å². The van der Waals surface area contributed by atoms with Gasteiger partial charge in [0.15, 0.2) is 0 Å². The van der Waals surface area contributed by atoms with Gasteiger partial charge in [0.25, 0.3) is 0 Å². The van der Waals surface area contributed by atoms with E-state index in [-0.39, 0.29) is 0 Å². The Labute approximate surface area is 103 Å². The van der Waals surface area contributed by atoms with Crippen LogP contribution < -0.4 is 5.73 Å². The van der Waals surface area contributed by atoms with Gasteiger partial charge in [-0.15, -0.1) is 0 Å². The highest BCUT2D eigenvalue weighted by atomic mass is 79.9. The molecule has 2 N–H and O–H groups in total. The largest absolute Gasteiger partial charge is 0.398 e. The Morgan fingerprint density at radius 3 is 2.44 bits per heavy atom. The van der Waals surface area contributed by atoms with Gasteiger partial charge in [-0.05, 0) is 60.5 Å². The van der Waals surface area contributed by atoms with E-state index in [1.807, 2.05) is 37.6 Å². The molecule has 0 spiro atoms. The molecule has 0 aliphatic carbocycles. The lowest BCUT2D eigenvalue weighted by Gasteiger charge is -2.10. The Hall–Kier alpha value is -1.29. The number of hydrogen-bond acceptors (Lipinski definition) is 2. The zero-order valence-electron chi connectivity index (χ0n) is 9.58. The molecule has 0 unspecified atom stereocenters. The van der Waals surface area contributed by atoms with Crippen molar-refractivity contribution in [1.82, 2.24) is 9.78 Å². The molecule has 2 rings (SSSR count).